The second-order valence-electron chi connectivity index (χ2n) is 7.15. The fourth-order valence-electron chi connectivity index (χ4n) is 3.47. The van der Waals surface area contributed by atoms with E-state index >= 15 is 0 Å². The van der Waals surface area contributed by atoms with Crippen LogP contribution in [0.4, 0.5) is 17.1 Å². The molecule has 1 amide bonds. The minimum atomic E-state index is -3.73. The van der Waals surface area contributed by atoms with E-state index in [-0.39, 0.29) is 16.1 Å². The van der Waals surface area contributed by atoms with Crippen LogP contribution < -0.4 is 10.2 Å². The second-order valence-corrected chi connectivity index (χ2v) is 9.09. The van der Waals surface area contributed by atoms with Gasteiger partial charge < -0.3 is 10.2 Å². The summed E-state index contributed by atoms with van der Waals surface area (Å²) in [4.78, 5) is 25.7. The molecule has 0 radical (unpaired) electrons. The summed E-state index contributed by atoms with van der Waals surface area (Å²) >= 11 is 0. The molecule has 2 aromatic carbocycles. The Labute approximate surface area is 189 Å². The Morgan fingerprint density at radius 1 is 1.00 bits per heavy atom. The molecule has 0 heterocycles. The van der Waals surface area contributed by atoms with Gasteiger partial charge in [-0.3, -0.25) is 14.9 Å². The molecule has 9 nitrogen and oxygen atoms in total. The summed E-state index contributed by atoms with van der Waals surface area (Å²) in [5.41, 5.74) is 1.41. The first-order valence-electron chi connectivity index (χ1n) is 10.6. The van der Waals surface area contributed by atoms with E-state index in [0.717, 1.165) is 0 Å². The maximum atomic E-state index is 13.0. The van der Waals surface area contributed by atoms with Crippen molar-refractivity contribution >= 4 is 33.0 Å². The number of benzene rings is 2. The third-order valence-corrected chi connectivity index (χ3v) is 7.38. The van der Waals surface area contributed by atoms with Crippen LogP contribution in [0.3, 0.4) is 0 Å². The lowest BCUT2D eigenvalue weighted by Gasteiger charge is -2.26. The molecule has 0 spiro atoms. The van der Waals surface area contributed by atoms with E-state index in [1.54, 1.807) is 26.8 Å². The first kappa shape index (κ1) is 25.3. The van der Waals surface area contributed by atoms with Gasteiger partial charge in [0.05, 0.1) is 21.2 Å². The number of nitrogens with one attached hydrogen (secondary N) is 1. The Morgan fingerprint density at radius 3 is 2.16 bits per heavy atom. The molecule has 0 unspecified atom stereocenters. The van der Waals surface area contributed by atoms with Crippen molar-refractivity contribution < 1.29 is 18.1 Å². The van der Waals surface area contributed by atoms with Crippen molar-refractivity contribution in [2.45, 2.75) is 39.5 Å². The van der Waals surface area contributed by atoms with Crippen LogP contribution in [0.15, 0.2) is 41.3 Å². The summed E-state index contributed by atoms with van der Waals surface area (Å²) in [7, 11) is -3.73. The maximum Gasteiger partial charge on any atom is 0.273 e. The third-order valence-electron chi connectivity index (χ3n) is 5.33. The lowest BCUT2D eigenvalue weighted by atomic mass is 10.1. The predicted octanol–water partition coefficient (Wildman–Crippen LogP) is 4.03. The SMILES string of the molecule is CCN(CC)c1ccc(S(=O)(=O)N(CC)CC)cc1NC(=O)c1ccc(C)c([N+](=O)[O-])c1. The van der Waals surface area contributed by atoms with E-state index in [1.807, 2.05) is 18.7 Å². The topological polar surface area (TPSA) is 113 Å². The molecule has 2 rings (SSSR count). The third kappa shape index (κ3) is 5.25. The largest absolute Gasteiger partial charge is 0.370 e. The van der Waals surface area contributed by atoms with Crippen LogP contribution in [0, 0.1) is 17.0 Å². The number of hydrogen-bond donors (Lipinski definition) is 1. The summed E-state index contributed by atoms with van der Waals surface area (Å²) in [5, 5.41) is 14.0. The number of rotatable bonds is 10. The number of hydrogen-bond acceptors (Lipinski definition) is 6. The van der Waals surface area contributed by atoms with Gasteiger partial charge >= 0.3 is 0 Å². The van der Waals surface area contributed by atoms with Gasteiger partial charge in [0, 0.05) is 43.4 Å². The minimum absolute atomic E-state index is 0.0716. The normalized spacial score (nSPS) is 11.4. The Balaban J connectivity index is 2.55. The molecule has 32 heavy (non-hydrogen) atoms. The zero-order valence-corrected chi connectivity index (χ0v) is 19.9. The van der Waals surface area contributed by atoms with Gasteiger partial charge in [0.25, 0.3) is 11.6 Å². The molecule has 0 aliphatic heterocycles. The van der Waals surface area contributed by atoms with Crippen molar-refractivity contribution in [2.75, 3.05) is 36.4 Å². The molecule has 1 N–H and O–H groups in total. The molecule has 0 aromatic heterocycles. The van der Waals surface area contributed by atoms with Gasteiger partial charge in [-0.2, -0.15) is 4.31 Å². The van der Waals surface area contributed by atoms with Crippen molar-refractivity contribution in [3.8, 4) is 0 Å². The number of carbonyl (C=O) groups is 1. The molecule has 0 saturated carbocycles. The summed E-state index contributed by atoms with van der Waals surface area (Å²) in [5.74, 6) is -0.557. The van der Waals surface area contributed by atoms with Gasteiger partial charge in [-0.25, -0.2) is 8.42 Å². The van der Waals surface area contributed by atoms with Crippen molar-refractivity contribution in [3.05, 3.63) is 57.6 Å². The van der Waals surface area contributed by atoms with E-state index in [1.165, 1.54) is 34.6 Å². The number of sulfonamides is 1. The van der Waals surface area contributed by atoms with Crippen LogP contribution >= 0.6 is 0 Å². The van der Waals surface area contributed by atoms with E-state index < -0.39 is 20.9 Å². The number of nitrogens with zero attached hydrogens (tertiary/aromatic N) is 3. The lowest BCUT2D eigenvalue weighted by molar-refractivity contribution is -0.385. The summed E-state index contributed by atoms with van der Waals surface area (Å²) in [6, 6.07) is 8.90. The summed E-state index contributed by atoms with van der Waals surface area (Å²) in [6.07, 6.45) is 0. The first-order valence-corrected chi connectivity index (χ1v) is 12.0. The molecule has 0 fully saturated rings. The molecule has 0 aliphatic rings. The molecule has 0 bridgehead atoms. The lowest BCUT2D eigenvalue weighted by Crippen LogP contribution is -2.31. The molecule has 0 saturated heterocycles. The van der Waals surface area contributed by atoms with Crippen LogP contribution in [0.2, 0.25) is 0 Å². The first-order chi connectivity index (χ1) is 15.1. The van der Waals surface area contributed by atoms with Crippen molar-refractivity contribution in [1.29, 1.82) is 0 Å². The van der Waals surface area contributed by atoms with Crippen LogP contribution in [0.25, 0.3) is 0 Å². The van der Waals surface area contributed by atoms with Gasteiger partial charge in [-0.15, -0.1) is 0 Å². The highest BCUT2D eigenvalue weighted by molar-refractivity contribution is 7.89. The van der Waals surface area contributed by atoms with Crippen LogP contribution in [0.5, 0.6) is 0 Å². The smallest absolute Gasteiger partial charge is 0.273 e. The Kier molecular flexibility index (Phi) is 8.34. The van der Waals surface area contributed by atoms with E-state index in [0.29, 0.717) is 43.1 Å². The summed E-state index contributed by atoms with van der Waals surface area (Å²) in [6.45, 7) is 11.0. The van der Waals surface area contributed by atoms with E-state index in [4.69, 9.17) is 0 Å². The van der Waals surface area contributed by atoms with E-state index in [2.05, 4.69) is 5.32 Å². The highest BCUT2D eigenvalue weighted by atomic mass is 32.2. The molecule has 0 atom stereocenters. The number of amides is 1. The Bertz CT molecular complexity index is 1090. The molecular formula is C22H30N4O5S. The Hall–Kier alpha value is -2.98. The highest BCUT2D eigenvalue weighted by Crippen LogP contribution is 2.31. The molecule has 10 heteroatoms. The van der Waals surface area contributed by atoms with Crippen LogP contribution in [-0.4, -0.2) is 49.7 Å². The number of nitro benzene ring substituents is 1. The van der Waals surface area contributed by atoms with Gasteiger partial charge in [0.2, 0.25) is 10.0 Å². The van der Waals surface area contributed by atoms with Gasteiger partial charge in [-0.1, -0.05) is 19.9 Å². The average molecular weight is 463 g/mol. The fourth-order valence-corrected chi connectivity index (χ4v) is 4.95. The Morgan fingerprint density at radius 2 is 1.62 bits per heavy atom. The minimum Gasteiger partial charge on any atom is -0.370 e. The summed E-state index contributed by atoms with van der Waals surface area (Å²) < 4.78 is 27.4. The van der Waals surface area contributed by atoms with Gasteiger partial charge in [0.1, 0.15) is 0 Å². The van der Waals surface area contributed by atoms with E-state index in [9.17, 15) is 23.3 Å². The monoisotopic (exact) mass is 462 g/mol. The van der Waals surface area contributed by atoms with Gasteiger partial charge in [0.15, 0.2) is 0 Å². The fraction of sp³-hybridized carbons (Fsp3) is 0.409. The zero-order valence-electron chi connectivity index (χ0n) is 19.1. The molecule has 174 valence electrons. The number of nitro groups is 1. The molecule has 0 aliphatic carbocycles. The van der Waals surface area contributed by atoms with Crippen LogP contribution in [0.1, 0.15) is 43.6 Å². The standard InChI is InChI=1S/C22H30N4O5S/c1-6-24(7-2)20-13-12-18(32(30,31)25(8-3)9-4)15-19(20)23-22(27)17-11-10-16(5)21(14-17)26(28)29/h10-15H,6-9H2,1-5H3,(H,23,27). The van der Waals surface area contributed by atoms with Crippen molar-refractivity contribution in [2.24, 2.45) is 0 Å². The van der Waals surface area contributed by atoms with Crippen molar-refractivity contribution in [1.82, 2.24) is 4.31 Å². The molecule has 2 aromatic rings. The predicted molar refractivity (Wildman–Crippen MR) is 126 cm³/mol. The maximum absolute atomic E-state index is 13.0. The zero-order chi connectivity index (χ0) is 24.1. The average Bonchev–Trinajstić information content (AvgIpc) is 2.76. The number of carbonyl (C=O) groups excluding carboxylic acids is 1. The van der Waals surface area contributed by atoms with Crippen LogP contribution in [-0.2, 0) is 10.0 Å². The highest BCUT2D eigenvalue weighted by Gasteiger charge is 2.24. The number of aryl methyl sites for hydroxylation is 1. The van der Waals surface area contributed by atoms with Crippen molar-refractivity contribution in [3.63, 3.8) is 0 Å². The quantitative estimate of drug-likeness (QED) is 0.421. The second kappa shape index (κ2) is 10.6. The van der Waals surface area contributed by atoms with Gasteiger partial charge in [-0.05, 0) is 45.0 Å². The molecular weight excluding hydrogens is 432 g/mol. The number of anilines is 2.